The zero-order chi connectivity index (χ0) is 40.6. The molecule has 11 nitrogen and oxygen atoms in total. The number of unbranched alkanes of at least 4 members (excludes halogenated alkanes) is 19. The maximum absolute atomic E-state index is 12.5. The number of allylic oxidation sites excluding steroid dienone is 3. The van der Waals surface area contributed by atoms with Crippen molar-refractivity contribution in [3.63, 3.8) is 0 Å². The highest BCUT2D eigenvalue weighted by atomic mass is 31.2. The third-order valence-corrected chi connectivity index (χ3v) is 10.8. The molecule has 5 atom stereocenters. The van der Waals surface area contributed by atoms with E-state index in [0.717, 1.165) is 38.5 Å². The Bertz CT molecular complexity index is 1100. The van der Waals surface area contributed by atoms with Gasteiger partial charge in [0.05, 0.1) is 18.8 Å². The highest BCUT2D eigenvalue weighted by molar-refractivity contribution is 7.46. The van der Waals surface area contributed by atoms with Crippen molar-refractivity contribution >= 4 is 25.5 Å². The molecule has 0 amide bonds. The van der Waals surface area contributed by atoms with E-state index in [-0.39, 0.29) is 37.6 Å². The van der Waals surface area contributed by atoms with Gasteiger partial charge in [0.2, 0.25) is 0 Å². The number of Topliss-reactive ketones (excluding diaryl/α,β-unsaturated/α-hetero) is 1. The van der Waals surface area contributed by atoms with Crippen LogP contribution in [0.2, 0.25) is 0 Å². The Hall–Kier alpha value is -1.88. The van der Waals surface area contributed by atoms with Crippen LogP contribution in [0.5, 0.6) is 0 Å². The van der Waals surface area contributed by atoms with Crippen LogP contribution in [0, 0.1) is 11.8 Å². The smallest absolute Gasteiger partial charge is 0.462 e. The molecule has 0 heterocycles. The molecule has 1 rings (SSSR count). The van der Waals surface area contributed by atoms with E-state index in [4.69, 9.17) is 19.3 Å². The molecule has 1 aliphatic rings. The quantitative estimate of drug-likeness (QED) is 0.0205. The molecule has 1 fully saturated rings. The molecule has 0 saturated heterocycles. The molecular formula is C43H77O11P. The lowest BCUT2D eigenvalue weighted by atomic mass is 9.90. The van der Waals surface area contributed by atoms with Crippen LogP contribution < -0.4 is 0 Å². The van der Waals surface area contributed by atoms with Gasteiger partial charge in [0.15, 0.2) is 6.10 Å². The number of aliphatic hydroxyl groups is 2. The Morgan fingerprint density at radius 3 is 1.84 bits per heavy atom. The summed E-state index contributed by atoms with van der Waals surface area (Å²) in [6.07, 6.45) is 31.2. The minimum absolute atomic E-state index is 0.0236. The molecule has 0 aromatic heterocycles. The van der Waals surface area contributed by atoms with Crippen molar-refractivity contribution < 1.29 is 52.9 Å². The Morgan fingerprint density at radius 2 is 1.27 bits per heavy atom. The fourth-order valence-corrected chi connectivity index (χ4v) is 7.36. The average molecular weight is 801 g/mol. The van der Waals surface area contributed by atoms with Gasteiger partial charge in [0.25, 0.3) is 0 Å². The Balaban J connectivity index is 2.26. The van der Waals surface area contributed by atoms with Crippen molar-refractivity contribution in [1.29, 1.82) is 0 Å². The molecule has 0 aliphatic heterocycles. The topological polar surface area (TPSA) is 177 Å². The van der Waals surface area contributed by atoms with Crippen molar-refractivity contribution in [1.82, 2.24) is 0 Å². The number of carbonyl (C=O) groups excluding carboxylic acids is 3. The number of hydrogen-bond donors (Lipinski definition) is 4. The number of carbonyl (C=O) groups is 3. The number of hydrogen-bond acceptors (Lipinski definition) is 9. The van der Waals surface area contributed by atoms with E-state index in [1.165, 1.54) is 83.5 Å². The molecular weight excluding hydrogens is 723 g/mol. The first-order valence-corrected chi connectivity index (χ1v) is 23.3. The predicted octanol–water partition coefficient (Wildman–Crippen LogP) is 9.77. The first-order chi connectivity index (χ1) is 26.5. The fourth-order valence-electron chi connectivity index (χ4n) is 7.00. The minimum Gasteiger partial charge on any atom is -0.462 e. The maximum Gasteiger partial charge on any atom is 0.469 e. The summed E-state index contributed by atoms with van der Waals surface area (Å²) < 4.78 is 26.4. The zero-order valence-corrected chi connectivity index (χ0v) is 35.2. The number of aliphatic hydroxyl groups excluding tert-OH is 2. The summed E-state index contributed by atoms with van der Waals surface area (Å²) in [5, 5.41) is 20.6. The first-order valence-electron chi connectivity index (χ1n) is 21.7. The van der Waals surface area contributed by atoms with E-state index in [1.54, 1.807) is 12.2 Å². The molecule has 0 radical (unpaired) electrons. The maximum atomic E-state index is 12.5. The SMILES string of the molecule is CCCCCCCCCCCCCCCCCCCC(=O)OC[C@H](COP(=O)(O)O)OC(=O)CCC/C=C\C[C@H]1[C@@H](O)CC(=O)[C@@H]1/C=C/[C@@H](O)CCCCC. The normalized spacial score (nSPS) is 18.7. The molecule has 1 saturated carbocycles. The van der Waals surface area contributed by atoms with Gasteiger partial charge in [-0.1, -0.05) is 160 Å². The molecule has 0 aromatic rings. The largest absolute Gasteiger partial charge is 0.469 e. The number of esters is 2. The number of ether oxygens (including phenoxy) is 2. The third kappa shape index (κ3) is 29.1. The van der Waals surface area contributed by atoms with Gasteiger partial charge >= 0.3 is 19.8 Å². The van der Waals surface area contributed by atoms with Crippen molar-refractivity contribution in [2.24, 2.45) is 11.8 Å². The summed E-state index contributed by atoms with van der Waals surface area (Å²) in [6, 6.07) is 0. The highest BCUT2D eigenvalue weighted by Gasteiger charge is 2.39. The van der Waals surface area contributed by atoms with Gasteiger partial charge < -0.3 is 29.5 Å². The van der Waals surface area contributed by atoms with Crippen LogP contribution >= 0.6 is 7.82 Å². The number of rotatable bonds is 36. The summed E-state index contributed by atoms with van der Waals surface area (Å²) in [7, 11) is -4.83. The van der Waals surface area contributed by atoms with Crippen LogP contribution in [0.25, 0.3) is 0 Å². The van der Waals surface area contributed by atoms with Gasteiger partial charge in [-0.2, -0.15) is 0 Å². The van der Waals surface area contributed by atoms with Crippen LogP contribution in [0.3, 0.4) is 0 Å². The van der Waals surface area contributed by atoms with Crippen molar-refractivity contribution in [2.75, 3.05) is 13.2 Å². The zero-order valence-electron chi connectivity index (χ0n) is 34.3. The Labute approximate surface area is 332 Å². The third-order valence-electron chi connectivity index (χ3n) is 10.3. The van der Waals surface area contributed by atoms with Crippen LogP contribution in [-0.2, 0) is 32.9 Å². The number of ketones is 1. The van der Waals surface area contributed by atoms with E-state index < -0.39 is 50.6 Å². The second-order valence-electron chi connectivity index (χ2n) is 15.5. The van der Waals surface area contributed by atoms with Crippen LogP contribution in [0.4, 0.5) is 0 Å². The minimum atomic E-state index is -4.83. The molecule has 0 spiro atoms. The number of phosphoric acid groups is 1. The van der Waals surface area contributed by atoms with E-state index in [9.17, 15) is 29.2 Å². The second kappa shape index (κ2) is 33.1. The van der Waals surface area contributed by atoms with Crippen molar-refractivity contribution in [3.05, 3.63) is 24.3 Å². The van der Waals surface area contributed by atoms with Crippen LogP contribution in [-0.4, -0.2) is 69.2 Å². The Morgan fingerprint density at radius 1 is 0.745 bits per heavy atom. The van der Waals surface area contributed by atoms with E-state index in [2.05, 4.69) is 18.4 Å². The first kappa shape index (κ1) is 51.1. The molecule has 55 heavy (non-hydrogen) atoms. The average Bonchev–Trinajstić information content (AvgIpc) is 3.41. The second-order valence-corrected chi connectivity index (χ2v) is 16.7. The lowest BCUT2D eigenvalue weighted by Gasteiger charge is -2.18. The van der Waals surface area contributed by atoms with E-state index in [0.29, 0.717) is 32.1 Å². The van der Waals surface area contributed by atoms with Gasteiger partial charge in [0.1, 0.15) is 12.4 Å². The van der Waals surface area contributed by atoms with Gasteiger partial charge in [-0.15, -0.1) is 0 Å². The standard InChI is InChI=1S/C43H77O11P/c1-3-5-7-8-9-10-11-12-13-14-15-16-17-18-19-20-25-29-42(47)52-34-37(35-53-55(49,50)51)54-43(48)30-26-22-21-24-28-38-39(41(46)33-40(38)45)32-31-36(44)27-23-6-4-2/h21,24,31-32,36-40,44-45H,3-20,22-23,25-30,33-35H2,1-2H3,(H2,49,50,51)/b24-21-,32-31+/t36-,37+,38+,39+,40-/m0/s1. The lowest BCUT2D eigenvalue weighted by Crippen LogP contribution is -2.29. The van der Waals surface area contributed by atoms with Crippen molar-refractivity contribution in [2.45, 2.75) is 206 Å². The van der Waals surface area contributed by atoms with Gasteiger partial charge in [-0.05, 0) is 32.1 Å². The molecule has 0 unspecified atom stereocenters. The molecule has 0 bridgehead atoms. The molecule has 1 aliphatic carbocycles. The lowest BCUT2D eigenvalue weighted by molar-refractivity contribution is -0.161. The molecule has 12 heteroatoms. The van der Waals surface area contributed by atoms with Gasteiger partial charge in [-0.3, -0.25) is 18.9 Å². The predicted molar refractivity (Wildman–Crippen MR) is 217 cm³/mol. The molecule has 320 valence electrons. The Kier molecular flexibility index (Phi) is 30.8. The summed E-state index contributed by atoms with van der Waals surface area (Å²) in [5.74, 6) is -1.84. The summed E-state index contributed by atoms with van der Waals surface area (Å²) >= 11 is 0. The highest BCUT2D eigenvalue weighted by Crippen LogP contribution is 2.36. The monoisotopic (exact) mass is 801 g/mol. The summed E-state index contributed by atoms with van der Waals surface area (Å²) in [6.45, 7) is 3.37. The summed E-state index contributed by atoms with van der Waals surface area (Å²) in [5.41, 5.74) is 0. The van der Waals surface area contributed by atoms with Gasteiger partial charge in [-0.25, -0.2) is 4.57 Å². The van der Waals surface area contributed by atoms with Gasteiger partial charge in [0, 0.05) is 31.1 Å². The van der Waals surface area contributed by atoms with E-state index in [1.807, 2.05) is 12.2 Å². The number of phosphoric ester groups is 1. The molecule has 0 aromatic carbocycles. The van der Waals surface area contributed by atoms with E-state index >= 15 is 0 Å². The van der Waals surface area contributed by atoms with Crippen molar-refractivity contribution in [3.8, 4) is 0 Å². The molecule has 4 N–H and O–H groups in total. The fraction of sp³-hybridized carbons (Fsp3) is 0.837. The van der Waals surface area contributed by atoms with Crippen LogP contribution in [0.1, 0.15) is 187 Å². The van der Waals surface area contributed by atoms with Crippen LogP contribution in [0.15, 0.2) is 24.3 Å². The summed E-state index contributed by atoms with van der Waals surface area (Å²) in [4.78, 5) is 55.5.